The van der Waals surface area contributed by atoms with Crippen molar-refractivity contribution in [2.24, 2.45) is 0 Å². The minimum absolute atomic E-state index is 0.0271. The highest BCUT2D eigenvalue weighted by atomic mass is 32.2. The Labute approximate surface area is 189 Å². The molecule has 10 heteroatoms. The Morgan fingerprint density at radius 3 is 2.31 bits per heavy atom. The maximum atomic E-state index is 13.1. The van der Waals surface area contributed by atoms with Crippen LogP contribution in [-0.2, 0) is 19.9 Å². The van der Waals surface area contributed by atoms with Crippen LogP contribution in [0.25, 0.3) is 0 Å². The van der Waals surface area contributed by atoms with E-state index in [2.05, 4.69) is 4.90 Å². The average molecular weight is 478 g/mol. The Balaban J connectivity index is 1.45. The van der Waals surface area contributed by atoms with Gasteiger partial charge < -0.3 is 4.90 Å². The molecule has 32 heavy (non-hydrogen) atoms. The highest BCUT2D eigenvalue weighted by Gasteiger charge is 2.34. The zero-order valence-electron chi connectivity index (χ0n) is 17.9. The third-order valence-corrected chi connectivity index (χ3v) is 9.72. The van der Waals surface area contributed by atoms with Crippen molar-refractivity contribution < 1.29 is 21.6 Å². The first-order chi connectivity index (χ1) is 15.2. The van der Waals surface area contributed by atoms with Gasteiger partial charge in [-0.25, -0.2) is 16.8 Å². The molecule has 0 N–H and O–H groups in total. The summed E-state index contributed by atoms with van der Waals surface area (Å²) in [5.74, 6) is 0.203. The minimum atomic E-state index is -3.81. The molecule has 0 aliphatic carbocycles. The zero-order chi connectivity index (χ0) is 22.9. The number of carbonyl (C=O) groups is 1. The molecular formula is C22H27N3O5S2. The van der Waals surface area contributed by atoms with E-state index in [0.29, 0.717) is 43.9 Å². The maximum Gasteiger partial charge on any atom is 0.264 e. The molecule has 0 saturated carbocycles. The molecule has 0 aromatic heterocycles. The molecule has 0 spiro atoms. The quantitative estimate of drug-likeness (QED) is 0.647. The molecule has 2 aromatic carbocycles. The van der Waals surface area contributed by atoms with Crippen molar-refractivity contribution in [1.29, 1.82) is 0 Å². The van der Waals surface area contributed by atoms with Gasteiger partial charge in [0.1, 0.15) is 0 Å². The van der Waals surface area contributed by atoms with Crippen molar-refractivity contribution in [3.05, 3.63) is 60.2 Å². The summed E-state index contributed by atoms with van der Waals surface area (Å²) in [6.45, 7) is 2.19. The van der Waals surface area contributed by atoms with Gasteiger partial charge in [-0.1, -0.05) is 24.3 Å². The Hall–Kier alpha value is -2.43. The van der Waals surface area contributed by atoms with Gasteiger partial charge in [0, 0.05) is 44.8 Å². The van der Waals surface area contributed by atoms with Gasteiger partial charge in [-0.05, 0) is 36.8 Å². The molecule has 0 radical (unpaired) electrons. The van der Waals surface area contributed by atoms with Gasteiger partial charge in [-0.2, -0.15) is 0 Å². The molecular weight excluding hydrogens is 450 g/mol. The summed E-state index contributed by atoms with van der Waals surface area (Å²) >= 11 is 0. The lowest BCUT2D eigenvalue weighted by atomic mass is 10.1. The van der Waals surface area contributed by atoms with Crippen LogP contribution in [0.15, 0.2) is 59.5 Å². The number of para-hydroxylation sites is 1. The van der Waals surface area contributed by atoms with E-state index in [-0.39, 0.29) is 28.4 Å². The summed E-state index contributed by atoms with van der Waals surface area (Å²) in [6, 6.07) is 14.9. The van der Waals surface area contributed by atoms with Crippen LogP contribution < -0.4 is 4.31 Å². The molecule has 2 heterocycles. The van der Waals surface area contributed by atoms with Crippen LogP contribution in [0.1, 0.15) is 16.8 Å². The Kier molecular flexibility index (Phi) is 6.28. The molecule has 4 rings (SSSR count). The highest BCUT2D eigenvalue weighted by Crippen LogP contribution is 2.24. The van der Waals surface area contributed by atoms with E-state index >= 15 is 0 Å². The van der Waals surface area contributed by atoms with E-state index in [1.54, 1.807) is 41.3 Å². The third-order valence-electron chi connectivity index (χ3n) is 6.19. The Morgan fingerprint density at radius 1 is 1.00 bits per heavy atom. The van der Waals surface area contributed by atoms with Gasteiger partial charge >= 0.3 is 0 Å². The van der Waals surface area contributed by atoms with Gasteiger partial charge in [0.2, 0.25) is 0 Å². The fraction of sp³-hybridized carbons (Fsp3) is 0.409. The Morgan fingerprint density at radius 2 is 1.69 bits per heavy atom. The summed E-state index contributed by atoms with van der Waals surface area (Å²) in [5.41, 5.74) is 0.860. The number of carbonyl (C=O) groups excluding carboxylic acids is 1. The summed E-state index contributed by atoms with van der Waals surface area (Å²) in [6.07, 6.45) is 0.644. The monoisotopic (exact) mass is 477 g/mol. The molecule has 0 bridgehead atoms. The van der Waals surface area contributed by atoms with Crippen molar-refractivity contribution in [2.45, 2.75) is 17.4 Å². The molecule has 2 aliphatic heterocycles. The molecule has 2 aliphatic rings. The smallest absolute Gasteiger partial charge is 0.264 e. The van der Waals surface area contributed by atoms with Crippen molar-refractivity contribution in [3.63, 3.8) is 0 Å². The van der Waals surface area contributed by atoms with Crippen LogP contribution in [0.5, 0.6) is 0 Å². The Bertz CT molecular complexity index is 1190. The summed E-state index contributed by atoms with van der Waals surface area (Å²) in [4.78, 5) is 17.0. The van der Waals surface area contributed by atoms with Crippen LogP contribution in [0, 0.1) is 0 Å². The second-order valence-corrected chi connectivity index (χ2v) is 12.4. The van der Waals surface area contributed by atoms with Crippen LogP contribution in [-0.4, -0.2) is 83.3 Å². The number of benzene rings is 2. The maximum absolute atomic E-state index is 13.1. The van der Waals surface area contributed by atoms with Gasteiger partial charge in [0.25, 0.3) is 15.9 Å². The second-order valence-electron chi connectivity index (χ2n) is 8.22. The zero-order valence-corrected chi connectivity index (χ0v) is 19.6. The predicted octanol–water partition coefficient (Wildman–Crippen LogP) is 1.46. The first kappa shape index (κ1) is 22.8. The van der Waals surface area contributed by atoms with E-state index in [4.69, 9.17) is 0 Å². The summed E-state index contributed by atoms with van der Waals surface area (Å²) in [7, 11) is -5.27. The van der Waals surface area contributed by atoms with E-state index < -0.39 is 19.9 Å². The number of hydrogen-bond acceptors (Lipinski definition) is 6. The fourth-order valence-corrected chi connectivity index (χ4v) is 7.26. The molecule has 2 aromatic rings. The van der Waals surface area contributed by atoms with Crippen molar-refractivity contribution in [3.8, 4) is 0 Å². The van der Waals surface area contributed by atoms with Crippen LogP contribution >= 0.6 is 0 Å². The lowest BCUT2D eigenvalue weighted by Crippen LogP contribution is -2.52. The van der Waals surface area contributed by atoms with Crippen LogP contribution in [0.2, 0.25) is 0 Å². The van der Waals surface area contributed by atoms with Crippen LogP contribution in [0.3, 0.4) is 0 Å². The van der Waals surface area contributed by atoms with E-state index in [1.807, 2.05) is 6.07 Å². The van der Waals surface area contributed by atoms with Gasteiger partial charge in [-0.15, -0.1) is 0 Å². The molecule has 8 nitrogen and oxygen atoms in total. The molecule has 2 fully saturated rings. The minimum Gasteiger partial charge on any atom is -0.336 e. The molecule has 1 atom stereocenters. The number of nitrogens with zero attached hydrogens (tertiary/aromatic N) is 3. The van der Waals surface area contributed by atoms with Crippen LogP contribution in [0.4, 0.5) is 5.69 Å². The van der Waals surface area contributed by atoms with E-state index in [9.17, 15) is 21.6 Å². The van der Waals surface area contributed by atoms with Gasteiger partial charge in [0.15, 0.2) is 9.84 Å². The number of amides is 1. The number of rotatable bonds is 5. The third kappa shape index (κ3) is 4.67. The molecule has 172 valence electrons. The fourth-order valence-electron chi connectivity index (χ4n) is 4.26. The summed E-state index contributed by atoms with van der Waals surface area (Å²) < 4.78 is 50.8. The second kappa shape index (κ2) is 8.84. The van der Waals surface area contributed by atoms with E-state index in [1.165, 1.54) is 23.5 Å². The number of anilines is 1. The van der Waals surface area contributed by atoms with Crippen molar-refractivity contribution in [2.75, 3.05) is 49.0 Å². The van der Waals surface area contributed by atoms with Gasteiger partial charge in [0.05, 0.1) is 22.1 Å². The van der Waals surface area contributed by atoms with Gasteiger partial charge in [-0.3, -0.25) is 14.0 Å². The largest absolute Gasteiger partial charge is 0.336 e. The number of sulfone groups is 1. The number of hydrogen-bond donors (Lipinski definition) is 0. The van der Waals surface area contributed by atoms with Crippen molar-refractivity contribution in [1.82, 2.24) is 9.80 Å². The average Bonchev–Trinajstić information content (AvgIpc) is 3.18. The number of sulfonamides is 1. The molecule has 1 amide bonds. The lowest BCUT2D eigenvalue weighted by Gasteiger charge is -2.37. The first-order valence-electron chi connectivity index (χ1n) is 10.6. The lowest BCUT2D eigenvalue weighted by molar-refractivity contribution is 0.0587. The molecule has 1 unspecified atom stereocenters. The van der Waals surface area contributed by atoms with E-state index in [0.717, 1.165) is 0 Å². The standard InChI is InChI=1S/C22H27N3O5S2/c1-23(19-7-3-2-4-8-19)32(29,30)21-9-5-6-18(16-21)22(26)25-13-11-24(12-14-25)20-10-15-31(27,28)17-20/h2-9,16,20H,10-15,17H2,1H3. The first-order valence-corrected chi connectivity index (χ1v) is 13.8. The molecule has 2 saturated heterocycles. The summed E-state index contributed by atoms with van der Waals surface area (Å²) in [5, 5.41) is 0. The van der Waals surface area contributed by atoms with Crippen molar-refractivity contribution >= 4 is 31.5 Å². The topological polar surface area (TPSA) is 95.1 Å². The SMILES string of the molecule is CN(c1ccccc1)S(=O)(=O)c1cccc(C(=O)N2CCN(C3CCS(=O)(=O)C3)CC2)c1. The normalized spacial score (nSPS) is 21.4. The predicted molar refractivity (Wildman–Crippen MR) is 123 cm³/mol. The number of piperazine rings is 1. The highest BCUT2D eigenvalue weighted by molar-refractivity contribution is 7.92.